The second-order valence-electron chi connectivity index (χ2n) is 4.81. The Morgan fingerprint density at radius 3 is 2.64 bits per heavy atom. The number of carbonyl (C=O) groups excluding carboxylic acids is 1. The number of ether oxygens (including phenoxy) is 2. The summed E-state index contributed by atoms with van der Waals surface area (Å²) in [6.45, 7) is 0. The molecule has 0 saturated carbocycles. The molecule has 1 aliphatic rings. The van der Waals surface area contributed by atoms with Crippen molar-refractivity contribution >= 4 is 5.78 Å². The molecule has 4 nitrogen and oxygen atoms in total. The monoisotopic (exact) mass is 295 g/mol. The molecule has 0 atom stereocenters. The molecule has 0 aliphatic heterocycles. The number of hydrogen-bond acceptors (Lipinski definition) is 4. The van der Waals surface area contributed by atoms with Crippen molar-refractivity contribution in [1.29, 1.82) is 5.26 Å². The summed E-state index contributed by atoms with van der Waals surface area (Å²) >= 11 is 0. The number of benzene rings is 1. The fourth-order valence-corrected chi connectivity index (χ4v) is 2.16. The number of allylic oxidation sites excluding steroid dienone is 6. The number of nitriles is 1. The quantitative estimate of drug-likeness (QED) is 0.615. The van der Waals surface area contributed by atoms with Crippen LogP contribution in [0.2, 0.25) is 0 Å². The highest BCUT2D eigenvalue weighted by molar-refractivity contribution is 6.07. The third-order valence-electron chi connectivity index (χ3n) is 3.45. The number of carbonyl (C=O) groups is 1. The summed E-state index contributed by atoms with van der Waals surface area (Å²) in [5.74, 6) is 0.975. The van der Waals surface area contributed by atoms with Crippen LogP contribution in [-0.2, 0) is 0 Å². The second kappa shape index (κ2) is 7.28. The van der Waals surface area contributed by atoms with Crippen molar-refractivity contribution in [2.24, 2.45) is 0 Å². The first kappa shape index (κ1) is 15.6. The van der Waals surface area contributed by atoms with E-state index in [1.807, 2.05) is 6.08 Å². The highest BCUT2D eigenvalue weighted by Gasteiger charge is 2.11. The molecule has 0 radical (unpaired) electrons. The van der Waals surface area contributed by atoms with E-state index in [2.05, 4.69) is 6.07 Å². The summed E-state index contributed by atoms with van der Waals surface area (Å²) in [6.07, 6.45) is 8.44. The van der Waals surface area contributed by atoms with Gasteiger partial charge in [0.1, 0.15) is 11.5 Å². The van der Waals surface area contributed by atoms with Crippen molar-refractivity contribution in [2.45, 2.75) is 12.8 Å². The minimum Gasteiger partial charge on any atom is -0.497 e. The fraction of sp³-hybridized carbons (Fsp3) is 0.222. The zero-order chi connectivity index (χ0) is 15.9. The first-order valence-electron chi connectivity index (χ1n) is 6.92. The van der Waals surface area contributed by atoms with Gasteiger partial charge in [-0.25, -0.2) is 0 Å². The van der Waals surface area contributed by atoms with Gasteiger partial charge in [-0.2, -0.15) is 5.26 Å². The molecule has 0 bridgehead atoms. The molecule has 0 unspecified atom stereocenters. The summed E-state index contributed by atoms with van der Waals surface area (Å²) in [7, 11) is 3.08. The fourth-order valence-electron chi connectivity index (χ4n) is 2.16. The molecule has 0 amide bonds. The Hall–Kier alpha value is -2.80. The molecule has 112 valence electrons. The van der Waals surface area contributed by atoms with Crippen LogP contribution in [0.4, 0.5) is 0 Å². The Morgan fingerprint density at radius 1 is 1.23 bits per heavy atom. The van der Waals surface area contributed by atoms with E-state index in [0.717, 1.165) is 17.6 Å². The van der Waals surface area contributed by atoms with Crippen LogP contribution in [0.15, 0.2) is 53.6 Å². The van der Waals surface area contributed by atoms with E-state index in [4.69, 9.17) is 14.7 Å². The molecule has 0 fully saturated rings. The predicted molar refractivity (Wildman–Crippen MR) is 84.0 cm³/mol. The van der Waals surface area contributed by atoms with Crippen molar-refractivity contribution in [3.63, 3.8) is 0 Å². The van der Waals surface area contributed by atoms with Crippen molar-refractivity contribution in [2.75, 3.05) is 14.2 Å². The van der Waals surface area contributed by atoms with Gasteiger partial charge in [0.2, 0.25) is 0 Å². The van der Waals surface area contributed by atoms with E-state index in [1.165, 1.54) is 13.2 Å². The molecule has 0 aromatic heterocycles. The summed E-state index contributed by atoms with van der Waals surface area (Å²) in [6, 6.07) is 7.26. The van der Waals surface area contributed by atoms with E-state index in [-0.39, 0.29) is 5.78 Å². The van der Waals surface area contributed by atoms with Gasteiger partial charge in [-0.3, -0.25) is 4.79 Å². The predicted octanol–water partition coefficient (Wildman–Crippen LogP) is 3.61. The normalized spacial score (nSPS) is 14.0. The first-order chi connectivity index (χ1) is 10.7. The number of ketones is 1. The van der Waals surface area contributed by atoms with Gasteiger partial charge >= 0.3 is 0 Å². The zero-order valence-corrected chi connectivity index (χ0v) is 12.6. The lowest BCUT2D eigenvalue weighted by Crippen LogP contribution is -2.00. The molecule has 1 aromatic rings. The van der Waals surface area contributed by atoms with E-state index in [1.54, 1.807) is 37.5 Å². The molecule has 0 heterocycles. The van der Waals surface area contributed by atoms with Gasteiger partial charge in [0.15, 0.2) is 5.78 Å². The van der Waals surface area contributed by atoms with E-state index >= 15 is 0 Å². The first-order valence-corrected chi connectivity index (χ1v) is 6.92. The minimum absolute atomic E-state index is 0.147. The van der Waals surface area contributed by atoms with Crippen molar-refractivity contribution in [3.8, 4) is 17.6 Å². The molecule has 1 aromatic carbocycles. The minimum atomic E-state index is -0.147. The van der Waals surface area contributed by atoms with Crippen LogP contribution in [-0.4, -0.2) is 20.0 Å². The van der Waals surface area contributed by atoms with Crippen LogP contribution in [0.25, 0.3) is 0 Å². The average molecular weight is 295 g/mol. The second-order valence-corrected chi connectivity index (χ2v) is 4.81. The molecular weight excluding hydrogens is 278 g/mol. The van der Waals surface area contributed by atoms with Gasteiger partial charge in [-0.15, -0.1) is 0 Å². The lowest BCUT2D eigenvalue weighted by Gasteiger charge is -2.09. The molecule has 2 rings (SSSR count). The molecule has 0 N–H and O–H groups in total. The van der Waals surface area contributed by atoms with E-state index < -0.39 is 0 Å². The molecule has 4 heteroatoms. The Kier molecular flexibility index (Phi) is 5.16. The lowest BCUT2D eigenvalue weighted by atomic mass is 9.98. The number of hydrogen-bond donors (Lipinski definition) is 0. The number of methoxy groups -OCH3 is 2. The number of nitrogens with zero attached hydrogens (tertiary/aromatic N) is 1. The molecule has 0 saturated heterocycles. The van der Waals surface area contributed by atoms with Crippen LogP contribution < -0.4 is 9.47 Å². The van der Waals surface area contributed by atoms with Crippen LogP contribution in [0.1, 0.15) is 23.2 Å². The van der Waals surface area contributed by atoms with Gasteiger partial charge in [-0.1, -0.05) is 12.2 Å². The summed E-state index contributed by atoms with van der Waals surface area (Å²) in [4.78, 5) is 12.3. The Balaban J connectivity index is 2.19. The molecule has 0 spiro atoms. The van der Waals surface area contributed by atoms with Gasteiger partial charge < -0.3 is 9.47 Å². The Morgan fingerprint density at radius 2 is 2.05 bits per heavy atom. The summed E-state index contributed by atoms with van der Waals surface area (Å²) in [5, 5.41) is 8.81. The maximum Gasteiger partial charge on any atom is 0.189 e. The molecular formula is C18H17NO3. The topological polar surface area (TPSA) is 59.3 Å². The van der Waals surface area contributed by atoms with Crippen LogP contribution in [0.5, 0.6) is 11.5 Å². The van der Waals surface area contributed by atoms with Crippen LogP contribution in [0, 0.1) is 11.3 Å². The largest absolute Gasteiger partial charge is 0.497 e. The van der Waals surface area contributed by atoms with Crippen LogP contribution >= 0.6 is 0 Å². The SMILES string of the molecule is COc1ccc(OC)c(C(=O)C=CC2=CC=C(C#N)CC2)c1. The van der Waals surface area contributed by atoms with Crippen molar-refractivity contribution in [3.05, 3.63) is 59.2 Å². The molecule has 1 aliphatic carbocycles. The maximum absolute atomic E-state index is 12.3. The van der Waals surface area contributed by atoms with E-state index in [0.29, 0.717) is 23.5 Å². The smallest absolute Gasteiger partial charge is 0.189 e. The number of rotatable bonds is 5. The molecule has 22 heavy (non-hydrogen) atoms. The van der Waals surface area contributed by atoms with Gasteiger partial charge in [0, 0.05) is 5.57 Å². The third kappa shape index (κ3) is 3.64. The Labute approximate surface area is 130 Å². The lowest BCUT2D eigenvalue weighted by molar-refractivity contribution is 0.104. The third-order valence-corrected chi connectivity index (χ3v) is 3.45. The Bertz CT molecular complexity index is 706. The summed E-state index contributed by atoms with van der Waals surface area (Å²) in [5.41, 5.74) is 2.25. The average Bonchev–Trinajstić information content (AvgIpc) is 2.59. The van der Waals surface area contributed by atoms with E-state index in [9.17, 15) is 4.79 Å². The zero-order valence-electron chi connectivity index (χ0n) is 12.6. The van der Waals surface area contributed by atoms with Gasteiger partial charge in [0.25, 0.3) is 0 Å². The maximum atomic E-state index is 12.3. The van der Waals surface area contributed by atoms with Crippen molar-refractivity contribution < 1.29 is 14.3 Å². The van der Waals surface area contributed by atoms with Crippen molar-refractivity contribution in [1.82, 2.24) is 0 Å². The highest BCUT2D eigenvalue weighted by atomic mass is 16.5. The summed E-state index contributed by atoms with van der Waals surface area (Å²) < 4.78 is 10.4. The standard InChI is InChI=1S/C18H17NO3/c1-21-15-8-10-18(22-2)16(11-15)17(20)9-7-13-3-5-14(12-19)6-4-13/h3,5,7-11H,4,6H2,1-2H3. The van der Waals surface area contributed by atoms with Gasteiger partial charge in [0.05, 0.1) is 25.9 Å². The van der Waals surface area contributed by atoms with Gasteiger partial charge in [-0.05, 0) is 48.8 Å². The van der Waals surface area contributed by atoms with Crippen LogP contribution in [0.3, 0.4) is 0 Å². The highest BCUT2D eigenvalue weighted by Crippen LogP contribution is 2.25.